The van der Waals surface area contributed by atoms with Gasteiger partial charge in [0.25, 0.3) is 0 Å². The quantitative estimate of drug-likeness (QED) is 0.409. The normalized spacial score (nSPS) is 14.6. The fourth-order valence-corrected chi connectivity index (χ4v) is 6.21. The summed E-state index contributed by atoms with van der Waals surface area (Å²) in [6.07, 6.45) is 4.25. The van der Waals surface area contributed by atoms with E-state index in [1.165, 1.54) is 5.56 Å². The van der Waals surface area contributed by atoms with E-state index in [1.807, 2.05) is 36.4 Å². The molecule has 0 fully saturated rings. The SMILES string of the molecule is O=C(C(CCn1ccnc1Cl)NS(=O)(=O)c1cccc2ccccc12)N1CCc2ccccc2C1. The maximum atomic E-state index is 13.7. The van der Waals surface area contributed by atoms with Crippen molar-refractivity contribution in [3.63, 3.8) is 0 Å². The predicted octanol–water partition coefficient (Wildman–Crippen LogP) is 4.01. The number of sulfonamides is 1. The molecular weight excluding hydrogens is 484 g/mol. The van der Waals surface area contributed by atoms with Gasteiger partial charge in [-0.05, 0) is 47.0 Å². The number of benzene rings is 3. The van der Waals surface area contributed by atoms with Crippen molar-refractivity contribution in [2.24, 2.45) is 0 Å². The molecule has 4 aromatic rings. The molecule has 1 aliphatic heterocycles. The Kier molecular flexibility index (Phi) is 6.60. The zero-order chi connectivity index (χ0) is 24.4. The maximum Gasteiger partial charge on any atom is 0.241 e. The number of fused-ring (bicyclic) bond motifs is 2. The molecule has 1 aromatic heterocycles. The van der Waals surface area contributed by atoms with Gasteiger partial charge >= 0.3 is 0 Å². The topological polar surface area (TPSA) is 84.3 Å². The first kappa shape index (κ1) is 23.5. The van der Waals surface area contributed by atoms with Crippen LogP contribution in [0.25, 0.3) is 10.8 Å². The minimum Gasteiger partial charge on any atom is -0.337 e. The number of halogens is 1. The summed E-state index contributed by atoms with van der Waals surface area (Å²) in [6.45, 7) is 1.33. The van der Waals surface area contributed by atoms with Crippen LogP contribution in [0.1, 0.15) is 17.5 Å². The Morgan fingerprint density at radius 1 is 1.03 bits per heavy atom. The molecule has 0 aliphatic carbocycles. The number of hydrogen-bond donors (Lipinski definition) is 1. The maximum absolute atomic E-state index is 13.7. The monoisotopic (exact) mass is 508 g/mol. The van der Waals surface area contributed by atoms with E-state index in [4.69, 9.17) is 11.6 Å². The van der Waals surface area contributed by atoms with Gasteiger partial charge in [0, 0.05) is 37.4 Å². The zero-order valence-corrected chi connectivity index (χ0v) is 20.5. The molecule has 3 aromatic carbocycles. The molecule has 35 heavy (non-hydrogen) atoms. The Hall–Kier alpha value is -3.20. The van der Waals surface area contributed by atoms with Crippen molar-refractivity contribution >= 4 is 38.3 Å². The molecule has 5 rings (SSSR count). The van der Waals surface area contributed by atoms with Crippen LogP contribution in [0.5, 0.6) is 0 Å². The van der Waals surface area contributed by atoms with Crippen molar-refractivity contribution in [2.75, 3.05) is 6.54 Å². The van der Waals surface area contributed by atoms with Crippen LogP contribution in [0.15, 0.2) is 84.0 Å². The van der Waals surface area contributed by atoms with Gasteiger partial charge < -0.3 is 9.47 Å². The Labute approximate surface area is 209 Å². The largest absolute Gasteiger partial charge is 0.337 e. The molecule has 1 unspecified atom stereocenters. The third kappa shape index (κ3) is 4.96. The molecule has 1 atom stereocenters. The lowest BCUT2D eigenvalue weighted by atomic mass is 9.99. The number of aromatic nitrogens is 2. The number of aryl methyl sites for hydroxylation is 1. The molecule has 0 spiro atoms. The summed E-state index contributed by atoms with van der Waals surface area (Å²) >= 11 is 6.12. The number of nitrogens with zero attached hydrogens (tertiary/aromatic N) is 3. The van der Waals surface area contributed by atoms with Crippen LogP contribution >= 0.6 is 11.6 Å². The first-order chi connectivity index (χ1) is 16.9. The van der Waals surface area contributed by atoms with Gasteiger partial charge in [0.15, 0.2) is 0 Å². The van der Waals surface area contributed by atoms with E-state index in [9.17, 15) is 13.2 Å². The molecule has 7 nitrogen and oxygen atoms in total. The Morgan fingerprint density at radius 3 is 2.57 bits per heavy atom. The Balaban J connectivity index is 1.44. The highest BCUT2D eigenvalue weighted by atomic mass is 35.5. The minimum absolute atomic E-state index is 0.151. The molecule has 180 valence electrons. The molecule has 0 radical (unpaired) electrons. The highest BCUT2D eigenvalue weighted by Gasteiger charge is 2.31. The lowest BCUT2D eigenvalue weighted by Gasteiger charge is -2.32. The molecule has 0 saturated heterocycles. The smallest absolute Gasteiger partial charge is 0.241 e. The number of hydrogen-bond acceptors (Lipinski definition) is 4. The van der Waals surface area contributed by atoms with E-state index in [1.54, 1.807) is 46.1 Å². The van der Waals surface area contributed by atoms with Crippen molar-refractivity contribution in [3.8, 4) is 0 Å². The van der Waals surface area contributed by atoms with Crippen LogP contribution in [0, 0.1) is 0 Å². The van der Waals surface area contributed by atoms with Crippen LogP contribution in [-0.2, 0) is 34.3 Å². The second kappa shape index (κ2) is 9.81. The summed E-state index contributed by atoms with van der Waals surface area (Å²) in [6, 6.07) is 19.5. The lowest BCUT2D eigenvalue weighted by Crippen LogP contribution is -2.50. The van der Waals surface area contributed by atoms with Crippen LogP contribution in [0.2, 0.25) is 5.28 Å². The number of nitrogens with one attached hydrogen (secondary N) is 1. The van der Waals surface area contributed by atoms with Crippen molar-refractivity contribution in [2.45, 2.75) is 36.9 Å². The summed E-state index contributed by atoms with van der Waals surface area (Å²) in [5, 5.41) is 1.72. The van der Waals surface area contributed by atoms with Crippen LogP contribution in [-0.4, -0.2) is 41.4 Å². The highest BCUT2D eigenvalue weighted by molar-refractivity contribution is 7.89. The van der Waals surface area contributed by atoms with Gasteiger partial charge in [-0.2, -0.15) is 4.72 Å². The average molecular weight is 509 g/mol. The fourth-order valence-electron chi connectivity index (χ4n) is 4.56. The van der Waals surface area contributed by atoms with Crippen LogP contribution in [0.4, 0.5) is 0 Å². The Morgan fingerprint density at radius 2 is 1.77 bits per heavy atom. The summed E-state index contributed by atoms with van der Waals surface area (Å²) in [7, 11) is -3.99. The third-order valence-electron chi connectivity index (χ3n) is 6.40. The van der Waals surface area contributed by atoms with Gasteiger partial charge in [0.1, 0.15) is 6.04 Å². The van der Waals surface area contributed by atoms with Gasteiger partial charge in [-0.15, -0.1) is 0 Å². The van der Waals surface area contributed by atoms with Gasteiger partial charge in [-0.1, -0.05) is 60.7 Å². The summed E-state index contributed by atoms with van der Waals surface area (Å²) in [4.78, 5) is 19.6. The van der Waals surface area contributed by atoms with E-state index >= 15 is 0 Å². The Bertz CT molecular complexity index is 1480. The predicted molar refractivity (Wildman–Crippen MR) is 135 cm³/mol. The summed E-state index contributed by atoms with van der Waals surface area (Å²) in [5.74, 6) is -0.250. The van der Waals surface area contributed by atoms with Gasteiger partial charge in [0.05, 0.1) is 4.90 Å². The molecule has 1 aliphatic rings. The number of amides is 1. The average Bonchev–Trinajstić information content (AvgIpc) is 3.29. The standard InChI is InChI=1S/C26H25ClN4O3S/c27-26-28-14-17-30(26)16-13-23(25(32)31-15-12-19-6-1-2-8-21(19)18-31)29-35(33,34)24-11-5-9-20-7-3-4-10-22(20)24/h1-11,14,17,23,29H,12-13,15-16,18H2. The summed E-state index contributed by atoms with van der Waals surface area (Å²) < 4.78 is 31.5. The van der Waals surface area contributed by atoms with Gasteiger partial charge in [-0.25, -0.2) is 13.4 Å². The van der Waals surface area contributed by atoms with Crippen LogP contribution in [0.3, 0.4) is 0 Å². The minimum atomic E-state index is -3.99. The number of carbonyl (C=O) groups excluding carboxylic acids is 1. The van der Waals surface area contributed by atoms with E-state index < -0.39 is 16.1 Å². The van der Waals surface area contributed by atoms with E-state index in [2.05, 4.69) is 15.8 Å². The van der Waals surface area contributed by atoms with Gasteiger partial charge in [-0.3, -0.25) is 4.79 Å². The van der Waals surface area contributed by atoms with E-state index in [0.29, 0.717) is 30.3 Å². The second-order valence-corrected chi connectivity index (χ2v) is 10.6. The zero-order valence-electron chi connectivity index (χ0n) is 19.0. The number of imidazole rings is 1. The molecule has 0 saturated carbocycles. The van der Waals surface area contributed by atoms with Gasteiger partial charge in [0.2, 0.25) is 21.2 Å². The molecule has 1 amide bonds. The fraction of sp³-hybridized carbons (Fsp3) is 0.231. The van der Waals surface area contributed by atoms with Crippen LogP contribution < -0.4 is 4.72 Å². The molecule has 2 heterocycles. The number of carbonyl (C=O) groups is 1. The number of rotatable bonds is 7. The van der Waals surface area contributed by atoms with Crippen molar-refractivity contribution < 1.29 is 13.2 Å². The van der Waals surface area contributed by atoms with Crippen molar-refractivity contribution in [3.05, 3.63) is 95.5 Å². The lowest BCUT2D eigenvalue weighted by molar-refractivity contribution is -0.134. The second-order valence-electron chi connectivity index (χ2n) is 8.61. The first-order valence-electron chi connectivity index (χ1n) is 11.4. The molecular formula is C26H25ClN4O3S. The van der Waals surface area contributed by atoms with E-state index in [0.717, 1.165) is 17.4 Å². The van der Waals surface area contributed by atoms with E-state index in [-0.39, 0.29) is 17.2 Å². The summed E-state index contributed by atoms with van der Waals surface area (Å²) in [5.41, 5.74) is 2.30. The highest BCUT2D eigenvalue weighted by Crippen LogP contribution is 2.24. The first-order valence-corrected chi connectivity index (χ1v) is 13.3. The molecule has 0 bridgehead atoms. The molecule has 1 N–H and O–H groups in total. The molecule has 9 heteroatoms. The van der Waals surface area contributed by atoms with Crippen molar-refractivity contribution in [1.82, 2.24) is 19.2 Å². The third-order valence-corrected chi connectivity index (χ3v) is 8.24. The van der Waals surface area contributed by atoms with Crippen molar-refractivity contribution in [1.29, 1.82) is 0 Å².